The number of nitrogens with one attached hydrogen (secondary N) is 1. The number of aromatic carboxylic acids is 2. The summed E-state index contributed by atoms with van der Waals surface area (Å²) >= 11 is 0. The Balaban J connectivity index is 3.14. The van der Waals surface area contributed by atoms with Crippen LogP contribution < -0.4 is 5.32 Å². The number of terminal acetylenes is 1. The quantitative estimate of drug-likeness (QED) is 0.661. The van der Waals surface area contributed by atoms with Crippen LogP contribution in [0.25, 0.3) is 0 Å². The van der Waals surface area contributed by atoms with E-state index in [2.05, 4.69) is 11.2 Å². The van der Waals surface area contributed by atoms with E-state index in [4.69, 9.17) is 16.6 Å². The van der Waals surface area contributed by atoms with Crippen LogP contribution >= 0.6 is 0 Å². The molecule has 0 aromatic heterocycles. The number of hydrogen-bond acceptors (Lipinski definition) is 3. The van der Waals surface area contributed by atoms with Crippen molar-refractivity contribution >= 4 is 17.6 Å². The Morgan fingerprint density at radius 1 is 1.19 bits per heavy atom. The molecule has 1 aromatic carbocycles. The number of carboxylic acids is 2. The molecule has 0 spiro atoms. The van der Waals surface area contributed by atoms with Crippen molar-refractivity contribution in [2.24, 2.45) is 0 Å². The summed E-state index contributed by atoms with van der Waals surface area (Å²) in [6.07, 6.45) is 5.03. The smallest absolute Gasteiger partial charge is 0.335 e. The van der Waals surface area contributed by atoms with Gasteiger partial charge in [-0.2, -0.15) is 0 Å². The van der Waals surface area contributed by atoms with E-state index in [1.54, 1.807) is 0 Å². The van der Waals surface area contributed by atoms with E-state index in [0.29, 0.717) is 5.69 Å². The topological polar surface area (TPSA) is 86.6 Å². The summed E-state index contributed by atoms with van der Waals surface area (Å²) in [5, 5.41) is 20.3. The molecule has 0 atom stereocenters. The lowest BCUT2D eigenvalue weighted by molar-refractivity contribution is 0.0696. The molecule has 0 radical (unpaired) electrons. The summed E-state index contributed by atoms with van der Waals surface area (Å²) in [6.45, 7) is 0.197. The molecule has 0 saturated heterocycles. The van der Waals surface area contributed by atoms with Gasteiger partial charge in [-0.1, -0.05) is 5.92 Å². The molecule has 0 fully saturated rings. The number of carbonyl (C=O) groups is 2. The molecule has 0 aliphatic rings. The first-order chi connectivity index (χ1) is 7.54. The Morgan fingerprint density at radius 2 is 1.69 bits per heavy atom. The number of hydrogen-bond donors (Lipinski definition) is 3. The lowest BCUT2D eigenvalue weighted by Crippen LogP contribution is -2.06. The van der Waals surface area contributed by atoms with Crippen molar-refractivity contribution in [1.29, 1.82) is 0 Å². The first-order valence-corrected chi connectivity index (χ1v) is 4.33. The normalized spacial score (nSPS) is 9.19. The molecule has 0 aliphatic carbocycles. The van der Waals surface area contributed by atoms with Crippen LogP contribution in [0.4, 0.5) is 5.69 Å². The van der Waals surface area contributed by atoms with Crippen molar-refractivity contribution in [3.05, 3.63) is 29.3 Å². The van der Waals surface area contributed by atoms with Crippen molar-refractivity contribution in [2.45, 2.75) is 0 Å². The summed E-state index contributed by atoms with van der Waals surface area (Å²) in [5.41, 5.74) is 0.175. The van der Waals surface area contributed by atoms with Crippen molar-refractivity contribution < 1.29 is 19.8 Å². The highest BCUT2D eigenvalue weighted by atomic mass is 16.4. The molecule has 0 unspecified atom stereocenters. The van der Waals surface area contributed by atoms with Gasteiger partial charge in [-0.25, -0.2) is 9.59 Å². The average molecular weight is 219 g/mol. The molecule has 1 rings (SSSR count). The molecule has 0 bridgehead atoms. The largest absolute Gasteiger partial charge is 0.478 e. The minimum Gasteiger partial charge on any atom is -0.478 e. The number of carboxylic acid groups (broad SMARTS) is 2. The third-order valence-electron chi connectivity index (χ3n) is 1.82. The van der Waals surface area contributed by atoms with Crippen LogP contribution in [0, 0.1) is 12.3 Å². The Morgan fingerprint density at radius 3 is 2.06 bits per heavy atom. The summed E-state index contributed by atoms with van der Waals surface area (Å²) in [4.78, 5) is 21.5. The highest BCUT2D eigenvalue weighted by Gasteiger charge is 2.10. The number of rotatable bonds is 4. The minimum absolute atomic E-state index is 0.0978. The lowest BCUT2D eigenvalue weighted by atomic mass is 10.1. The molecule has 3 N–H and O–H groups in total. The Kier molecular flexibility index (Phi) is 3.51. The molecule has 1 aromatic rings. The molecule has 82 valence electrons. The van der Waals surface area contributed by atoms with Gasteiger partial charge in [0.1, 0.15) is 0 Å². The van der Waals surface area contributed by atoms with Gasteiger partial charge in [-0.15, -0.1) is 6.42 Å². The molecule has 5 nitrogen and oxygen atoms in total. The first kappa shape index (κ1) is 11.6. The Labute approximate surface area is 91.7 Å². The number of anilines is 1. The summed E-state index contributed by atoms with van der Waals surface area (Å²) < 4.78 is 0. The molecule has 0 amide bonds. The molecule has 16 heavy (non-hydrogen) atoms. The second-order valence-electron chi connectivity index (χ2n) is 2.97. The molecule has 0 saturated carbocycles. The van der Waals surface area contributed by atoms with Gasteiger partial charge in [-0.3, -0.25) is 0 Å². The zero-order valence-corrected chi connectivity index (χ0v) is 8.23. The molecule has 5 heteroatoms. The van der Waals surface area contributed by atoms with Crippen LogP contribution in [0.2, 0.25) is 0 Å². The lowest BCUT2D eigenvalue weighted by Gasteiger charge is -2.05. The van der Waals surface area contributed by atoms with Crippen molar-refractivity contribution in [2.75, 3.05) is 11.9 Å². The van der Waals surface area contributed by atoms with E-state index < -0.39 is 11.9 Å². The van der Waals surface area contributed by atoms with E-state index in [1.807, 2.05) is 0 Å². The predicted molar refractivity (Wildman–Crippen MR) is 57.7 cm³/mol. The molecule has 0 aliphatic heterocycles. The fraction of sp³-hybridized carbons (Fsp3) is 0.0909. The fourth-order valence-electron chi connectivity index (χ4n) is 1.13. The van der Waals surface area contributed by atoms with Crippen LogP contribution in [0.1, 0.15) is 20.7 Å². The highest BCUT2D eigenvalue weighted by Crippen LogP contribution is 2.15. The average Bonchev–Trinajstić information content (AvgIpc) is 2.25. The monoisotopic (exact) mass is 219 g/mol. The maximum atomic E-state index is 10.7. The van der Waals surface area contributed by atoms with E-state index in [9.17, 15) is 9.59 Å². The standard InChI is InChI=1S/C11H9NO4/c1-2-3-12-9-5-7(10(13)14)4-8(6-9)11(15)16/h1,4-6,12H,3H2,(H,13,14)(H,15,16). The summed E-state index contributed by atoms with van der Waals surface area (Å²) in [5.74, 6) is -0.0686. The van der Waals surface area contributed by atoms with E-state index in [1.165, 1.54) is 12.1 Å². The van der Waals surface area contributed by atoms with Crippen LogP contribution in [-0.2, 0) is 0 Å². The molecule has 0 heterocycles. The van der Waals surface area contributed by atoms with E-state index in [0.717, 1.165) is 6.07 Å². The zero-order valence-electron chi connectivity index (χ0n) is 8.23. The maximum Gasteiger partial charge on any atom is 0.335 e. The predicted octanol–water partition coefficient (Wildman–Crippen LogP) is 1.13. The van der Waals surface area contributed by atoms with Gasteiger partial charge < -0.3 is 15.5 Å². The Bertz CT molecular complexity index is 441. The van der Waals surface area contributed by atoms with Crippen molar-refractivity contribution in [3.8, 4) is 12.3 Å². The van der Waals surface area contributed by atoms with Crippen LogP contribution in [0.3, 0.4) is 0 Å². The number of benzene rings is 1. The van der Waals surface area contributed by atoms with Crippen LogP contribution in [0.5, 0.6) is 0 Å². The SMILES string of the molecule is C#CCNc1cc(C(=O)O)cc(C(=O)O)c1. The van der Waals surface area contributed by atoms with Gasteiger partial charge in [-0.05, 0) is 18.2 Å². The Hall–Kier alpha value is -2.48. The van der Waals surface area contributed by atoms with Gasteiger partial charge in [0, 0.05) is 5.69 Å². The van der Waals surface area contributed by atoms with Crippen molar-refractivity contribution in [3.63, 3.8) is 0 Å². The summed E-state index contributed by atoms with van der Waals surface area (Å²) in [7, 11) is 0. The maximum absolute atomic E-state index is 10.7. The van der Waals surface area contributed by atoms with Gasteiger partial charge in [0.25, 0.3) is 0 Å². The van der Waals surface area contributed by atoms with E-state index in [-0.39, 0.29) is 17.7 Å². The molecular formula is C11H9NO4. The van der Waals surface area contributed by atoms with Gasteiger partial charge in [0.15, 0.2) is 0 Å². The van der Waals surface area contributed by atoms with Gasteiger partial charge in [0.05, 0.1) is 17.7 Å². The second-order valence-corrected chi connectivity index (χ2v) is 2.97. The third-order valence-corrected chi connectivity index (χ3v) is 1.82. The van der Waals surface area contributed by atoms with E-state index >= 15 is 0 Å². The zero-order chi connectivity index (χ0) is 12.1. The first-order valence-electron chi connectivity index (χ1n) is 4.33. The van der Waals surface area contributed by atoms with Crippen molar-refractivity contribution in [1.82, 2.24) is 0 Å². The highest BCUT2D eigenvalue weighted by molar-refractivity contribution is 5.95. The molecular weight excluding hydrogens is 210 g/mol. The van der Waals surface area contributed by atoms with Gasteiger partial charge in [0.2, 0.25) is 0 Å². The van der Waals surface area contributed by atoms with Crippen LogP contribution in [-0.4, -0.2) is 28.7 Å². The van der Waals surface area contributed by atoms with Gasteiger partial charge >= 0.3 is 11.9 Å². The summed E-state index contributed by atoms with van der Waals surface area (Å²) in [6, 6.07) is 3.74. The van der Waals surface area contributed by atoms with Crippen LogP contribution in [0.15, 0.2) is 18.2 Å². The minimum atomic E-state index is -1.19. The fourth-order valence-corrected chi connectivity index (χ4v) is 1.13. The second kappa shape index (κ2) is 4.84. The third kappa shape index (κ3) is 2.75.